The van der Waals surface area contributed by atoms with Crippen LogP contribution in [-0.4, -0.2) is 18.1 Å². The molecule has 2 aliphatic rings. The van der Waals surface area contributed by atoms with Crippen LogP contribution >= 0.6 is 0 Å². The molecule has 0 unspecified atom stereocenters. The highest BCUT2D eigenvalue weighted by Crippen LogP contribution is 2.31. The lowest BCUT2D eigenvalue weighted by Gasteiger charge is -2.38. The summed E-state index contributed by atoms with van der Waals surface area (Å²) in [6.07, 6.45) is 9.52. The van der Waals surface area contributed by atoms with E-state index in [1.807, 2.05) is 0 Å². The van der Waals surface area contributed by atoms with Crippen molar-refractivity contribution in [1.29, 1.82) is 0 Å². The molecule has 2 aliphatic carbocycles. The molecule has 0 bridgehead atoms. The van der Waals surface area contributed by atoms with Gasteiger partial charge in [-0.05, 0) is 25.7 Å². The molecule has 0 spiro atoms. The van der Waals surface area contributed by atoms with Crippen LogP contribution in [0.4, 0.5) is 0 Å². The van der Waals surface area contributed by atoms with Crippen molar-refractivity contribution < 1.29 is 0 Å². The Balaban J connectivity index is 1.87. The molecule has 0 aliphatic heterocycles. The predicted octanol–water partition coefficient (Wildman–Crippen LogP) is 1.40. The Hall–Kier alpha value is -0.0800. The molecular formula is C10H20N2. The van der Waals surface area contributed by atoms with Gasteiger partial charge < -0.3 is 11.1 Å². The first-order valence-electron chi connectivity index (χ1n) is 5.32. The molecule has 0 saturated heterocycles. The van der Waals surface area contributed by atoms with E-state index < -0.39 is 0 Å². The summed E-state index contributed by atoms with van der Waals surface area (Å²) in [5.41, 5.74) is 6.17. The summed E-state index contributed by atoms with van der Waals surface area (Å²) in [7, 11) is 0. The van der Waals surface area contributed by atoms with E-state index >= 15 is 0 Å². The maximum Gasteiger partial charge on any atom is 0.0306 e. The standard InChI is InChI=1S/C10H20N2/c11-8-10(6-1-2-7-10)12-9-4-3-5-9/h9,12H,1-8,11H2. The molecule has 2 nitrogen and oxygen atoms in total. The Morgan fingerprint density at radius 1 is 1.17 bits per heavy atom. The second kappa shape index (κ2) is 3.35. The molecule has 0 atom stereocenters. The Morgan fingerprint density at radius 2 is 1.83 bits per heavy atom. The molecule has 2 fully saturated rings. The van der Waals surface area contributed by atoms with Gasteiger partial charge in [0.1, 0.15) is 0 Å². The molecule has 12 heavy (non-hydrogen) atoms. The Kier molecular flexibility index (Phi) is 2.37. The SMILES string of the molecule is NCC1(NC2CCC2)CCCC1. The number of nitrogens with two attached hydrogens (primary N) is 1. The summed E-state index contributed by atoms with van der Waals surface area (Å²) in [6.45, 7) is 0.837. The lowest BCUT2D eigenvalue weighted by Crippen LogP contribution is -2.55. The highest BCUT2D eigenvalue weighted by molar-refractivity contribution is 4.97. The fourth-order valence-electron chi connectivity index (χ4n) is 2.44. The average molecular weight is 168 g/mol. The number of rotatable bonds is 3. The Labute approximate surface area is 74.9 Å². The normalized spacial score (nSPS) is 28.8. The van der Waals surface area contributed by atoms with Crippen LogP contribution in [0, 0.1) is 0 Å². The minimum absolute atomic E-state index is 0.338. The van der Waals surface area contributed by atoms with Gasteiger partial charge in [-0.15, -0.1) is 0 Å². The second-order valence-electron chi connectivity index (χ2n) is 4.46. The highest BCUT2D eigenvalue weighted by atomic mass is 15.0. The molecule has 0 aromatic carbocycles. The molecular weight excluding hydrogens is 148 g/mol. The zero-order valence-corrected chi connectivity index (χ0v) is 7.81. The van der Waals surface area contributed by atoms with Crippen molar-refractivity contribution in [1.82, 2.24) is 5.32 Å². The molecule has 2 heteroatoms. The molecule has 2 saturated carbocycles. The first kappa shape index (κ1) is 8.52. The molecule has 70 valence electrons. The second-order valence-corrected chi connectivity index (χ2v) is 4.46. The summed E-state index contributed by atoms with van der Waals surface area (Å²) in [5, 5.41) is 3.75. The van der Waals surface area contributed by atoms with Crippen LogP contribution in [0.2, 0.25) is 0 Å². The molecule has 0 aromatic rings. The molecule has 0 radical (unpaired) electrons. The van der Waals surface area contributed by atoms with Gasteiger partial charge in [0.05, 0.1) is 0 Å². The van der Waals surface area contributed by atoms with Gasteiger partial charge >= 0.3 is 0 Å². The van der Waals surface area contributed by atoms with Gasteiger partial charge in [-0.25, -0.2) is 0 Å². The number of hydrogen-bond acceptors (Lipinski definition) is 2. The van der Waals surface area contributed by atoms with Crippen molar-refractivity contribution in [3.05, 3.63) is 0 Å². The van der Waals surface area contributed by atoms with E-state index in [0.717, 1.165) is 12.6 Å². The predicted molar refractivity (Wildman–Crippen MR) is 51.0 cm³/mol. The summed E-state index contributed by atoms with van der Waals surface area (Å²) < 4.78 is 0. The van der Waals surface area contributed by atoms with Crippen LogP contribution in [0.25, 0.3) is 0 Å². The van der Waals surface area contributed by atoms with Gasteiger partial charge in [0, 0.05) is 18.1 Å². The minimum Gasteiger partial charge on any atom is -0.329 e. The third kappa shape index (κ3) is 1.50. The molecule has 2 rings (SSSR count). The average Bonchev–Trinajstić information content (AvgIpc) is 2.46. The van der Waals surface area contributed by atoms with Crippen molar-refractivity contribution in [3.8, 4) is 0 Å². The van der Waals surface area contributed by atoms with Crippen molar-refractivity contribution in [3.63, 3.8) is 0 Å². The lowest BCUT2D eigenvalue weighted by molar-refractivity contribution is 0.231. The summed E-state index contributed by atoms with van der Waals surface area (Å²) in [4.78, 5) is 0. The summed E-state index contributed by atoms with van der Waals surface area (Å²) in [5.74, 6) is 0. The van der Waals surface area contributed by atoms with Gasteiger partial charge in [0.25, 0.3) is 0 Å². The molecule has 3 N–H and O–H groups in total. The van der Waals surface area contributed by atoms with E-state index in [0.29, 0.717) is 5.54 Å². The largest absolute Gasteiger partial charge is 0.329 e. The number of nitrogens with one attached hydrogen (secondary N) is 1. The van der Waals surface area contributed by atoms with Crippen molar-refractivity contribution in [2.45, 2.75) is 56.5 Å². The third-order valence-electron chi connectivity index (χ3n) is 3.57. The van der Waals surface area contributed by atoms with Crippen LogP contribution in [-0.2, 0) is 0 Å². The van der Waals surface area contributed by atoms with Crippen molar-refractivity contribution in [2.24, 2.45) is 5.73 Å². The summed E-state index contributed by atoms with van der Waals surface area (Å²) >= 11 is 0. The molecule has 0 heterocycles. The van der Waals surface area contributed by atoms with Crippen LogP contribution in [0.15, 0.2) is 0 Å². The van der Waals surface area contributed by atoms with Crippen LogP contribution in [0.1, 0.15) is 44.9 Å². The Bertz CT molecular complexity index is 146. The van der Waals surface area contributed by atoms with Crippen molar-refractivity contribution in [2.75, 3.05) is 6.54 Å². The minimum atomic E-state index is 0.338. The first-order valence-corrected chi connectivity index (χ1v) is 5.32. The van der Waals surface area contributed by atoms with E-state index in [4.69, 9.17) is 5.73 Å². The van der Waals surface area contributed by atoms with Gasteiger partial charge in [0.2, 0.25) is 0 Å². The van der Waals surface area contributed by atoms with Crippen molar-refractivity contribution >= 4 is 0 Å². The Morgan fingerprint density at radius 3 is 2.25 bits per heavy atom. The van der Waals surface area contributed by atoms with E-state index in [-0.39, 0.29) is 0 Å². The van der Waals surface area contributed by atoms with Crippen LogP contribution in [0.3, 0.4) is 0 Å². The van der Waals surface area contributed by atoms with E-state index in [2.05, 4.69) is 5.32 Å². The first-order chi connectivity index (χ1) is 5.85. The maximum absolute atomic E-state index is 5.83. The topological polar surface area (TPSA) is 38.0 Å². The van der Waals surface area contributed by atoms with Gasteiger partial charge in [-0.1, -0.05) is 19.3 Å². The fraction of sp³-hybridized carbons (Fsp3) is 1.00. The fourth-order valence-corrected chi connectivity index (χ4v) is 2.44. The van der Waals surface area contributed by atoms with Gasteiger partial charge in [0.15, 0.2) is 0 Å². The van der Waals surface area contributed by atoms with Crippen LogP contribution < -0.4 is 11.1 Å². The van der Waals surface area contributed by atoms with E-state index in [1.165, 1.54) is 44.9 Å². The highest BCUT2D eigenvalue weighted by Gasteiger charge is 2.35. The van der Waals surface area contributed by atoms with Gasteiger partial charge in [-0.2, -0.15) is 0 Å². The lowest BCUT2D eigenvalue weighted by atomic mass is 9.88. The zero-order chi connectivity index (χ0) is 8.44. The monoisotopic (exact) mass is 168 g/mol. The molecule has 0 aromatic heterocycles. The number of hydrogen-bond donors (Lipinski definition) is 2. The quantitative estimate of drug-likeness (QED) is 0.668. The smallest absolute Gasteiger partial charge is 0.0306 e. The van der Waals surface area contributed by atoms with Crippen LogP contribution in [0.5, 0.6) is 0 Å². The maximum atomic E-state index is 5.83. The van der Waals surface area contributed by atoms with E-state index in [9.17, 15) is 0 Å². The van der Waals surface area contributed by atoms with E-state index in [1.54, 1.807) is 0 Å². The van der Waals surface area contributed by atoms with Gasteiger partial charge in [-0.3, -0.25) is 0 Å². The zero-order valence-electron chi connectivity index (χ0n) is 7.81. The third-order valence-corrected chi connectivity index (χ3v) is 3.57. The molecule has 0 amide bonds. The summed E-state index contributed by atoms with van der Waals surface area (Å²) in [6, 6.07) is 0.798.